The van der Waals surface area contributed by atoms with Crippen molar-refractivity contribution in [3.63, 3.8) is 0 Å². The average Bonchev–Trinajstić information content (AvgIpc) is 3.23. The number of aromatic nitrogens is 3. The Morgan fingerprint density at radius 2 is 2.03 bits per heavy atom. The monoisotopic (exact) mass is 408 g/mol. The largest absolute Gasteiger partial charge is 0.497 e. The van der Waals surface area contributed by atoms with Crippen LogP contribution in [0.1, 0.15) is 29.9 Å². The summed E-state index contributed by atoms with van der Waals surface area (Å²) in [4.78, 5) is 23.4. The molecule has 1 amide bonds. The van der Waals surface area contributed by atoms with E-state index in [9.17, 15) is 4.79 Å². The molecule has 1 aliphatic rings. The second-order valence-electron chi connectivity index (χ2n) is 7.11. The Morgan fingerprint density at radius 3 is 2.77 bits per heavy atom. The predicted octanol–water partition coefficient (Wildman–Crippen LogP) is 2.98. The summed E-state index contributed by atoms with van der Waals surface area (Å²) in [5.41, 5.74) is 2.67. The van der Waals surface area contributed by atoms with Crippen molar-refractivity contribution in [1.29, 1.82) is 0 Å². The molecular weight excluding hydrogens is 384 g/mol. The lowest BCUT2D eigenvalue weighted by atomic mass is 10.1. The van der Waals surface area contributed by atoms with Crippen molar-refractivity contribution in [1.82, 2.24) is 20.0 Å². The molecule has 1 atom stereocenters. The maximum atomic E-state index is 12.7. The third kappa shape index (κ3) is 4.65. The van der Waals surface area contributed by atoms with Crippen molar-refractivity contribution >= 4 is 5.91 Å². The molecule has 156 valence electrons. The van der Waals surface area contributed by atoms with E-state index in [0.717, 1.165) is 22.7 Å². The molecule has 2 aromatic heterocycles. The molecule has 8 heteroatoms. The second kappa shape index (κ2) is 9.04. The second-order valence-corrected chi connectivity index (χ2v) is 7.11. The minimum absolute atomic E-state index is 0.0467. The van der Waals surface area contributed by atoms with Crippen molar-refractivity contribution in [3.05, 3.63) is 59.9 Å². The van der Waals surface area contributed by atoms with Gasteiger partial charge in [-0.25, -0.2) is 4.98 Å². The van der Waals surface area contributed by atoms with E-state index in [1.54, 1.807) is 14.0 Å². The van der Waals surface area contributed by atoms with Crippen molar-refractivity contribution in [2.24, 2.45) is 0 Å². The first-order valence-electron chi connectivity index (χ1n) is 9.92. The van der Waals surface area contributed by atoms with E-state index in [1.807, 2.05) is 47.4 Å². The number of carbonyl (C=O) groups excluding carboxylic acids is 1. The lowest BCUT2D eigenvalue weighted by Crippen LogP contribution is -2.42. The van der Waals surface area contributed by atoms with Crippen LogP contribution in [-0.2, 0) is 16.0 Å². The van der Waals surface area contributed by atoms with Crippen LogP contribution in [0.15, 0.2) is 47.0 Å². The number of amides is 1. The first kappa shape index (κ1) is 20.0. The van der Waals surface area contributed by atoms with Crippen LogP contribution in [0.5, 0.6) is 5.75 Å². The summed E-state index contributed by atoms with van der Waals surface area (Å²) >= 11 is 0. The lowest BCUT2D eigenvalue weighted by Gasteiger charge is -2.32. The lowest BCUT2D eigenvalue weighted by molar-refractivity contribution is -0.139. The zero-order valence-corrected chi connectivity index (χ0v) is 17.1. The van der Waals surface area contributed by atoms with E-state index in [1.165, 1.54) is 0 Å². The van der Waals surface area contributed by atoms with Gasteiger partial charge in [-0.2, -0.15) is 4.98 Å². The van der Waals surface area contributed by atoms with Crippen LogP contribution in [0.25, 0.3) is 11.3 Å². The number of carbonyl (C=O) groups is 1. The van der Waals surface area contributed by atoms with Gasteiger partial charge in [0.05, 0.1) is 31.6 Å². The van der Waals surface area contributed by atoms with Gasteiger partial charge in [-0.1, -0.05) is 11.2 Å². The number of hydrogen-bond acceptors (Lipinski definition) is 7. The van der Waals surface area contributed by atoms with Gasteiger partial charge < -0.3 is 18.9 Å². The maximum Gasteiger partial charge on any atom is 0.227 e. The van der Waals surface area contributed by atoms with E-state index in [2.05, 4.69) is 10.1 Å². The predicted molar refractivity (Wildman–Crippen MR) is 109 cm³/mol. The van der Waals surface area contributed by atoms with Crippen molar-refractivity contribution in [3.8, 4) is 17.0 Å². The molecule has 0 unspecified atom stereocenters. The van der Waals surface area contributed by atoms with Gasteiger partial charge in [-0.05, 0) is 43.3 Å². The fourth-order valence-electron chi connectivity index (χ4n) is 3.42. The van der Waals surface area contributed by atoms with Crippen LogP contribution in [-0.4, -0.2) is 52.7 Å². The van der Waals surface area contributed by atoms with Crippen LogP contribution < -0.4 is 4.74 Å². The van der Waals surface area contributed by atoms with Gasteiger partial charge in [0.1, 0.15) is 11.9 Å². The fourth-order valence-corrected chi connectivity index (χ4v) is 3.42. The van der Waals surface area contributed by atoms with Gasteiger partial charge >= 0.3 is 0 Å². The Kier molecular flexibility index (Phi) is 6.04. The van der Waals surface area contributed by atoms with Crippen LogP contribution in [0.3, 0.4) is 0 Å². The summed E-state index contributed by atoms with van der Waals surface area (Å²) in [6.45, 7) is 3.27. The van der Waals surface area contributed by atoms with E-state index in [4.69, 9.17) is 19.0 Å². The Labute approximate surface area is 174 Å². The summed E-state index contributed by atoms with van der Waals surface area (Å²) in [5, 5.41) is 3.76. The highest BCUT2D eigenvalue weighted by Gasteiger charge is 2.26. The third-order valence-corrected chi connectivity index (χ3v) is 5.03. The van der Waals surface area contributed by atoms with Crippen LogP contribution >= 0.6 is 0 Å². The molecule has 0 radical (unpaired) electrons. The van der Waals surface area contributed by atoms with Gasteiger partial charge in [0.2, 0.25) is 11.8 Å². The minimum Gasteiger partial charge on any atom is -0.497 e. The normalized spacial score (nSPS) is 16.5. The molecule has 0 spiro atoms. The SMILES string of the molecule is COc1ccc(-c2cccc([C@H]3CN(C(=O)CCc4nc(C)no4)CCO3)n2)cc1. The third-order valence-electron chi connectivity index (χ3n) is 5.03. The van der Waals surface area contributed by atoms with Crippen LogP contribution in [0.2, 0.25) is 0 Å². The highest BCUT2D eigenvalue weighted by atomic mass is 16.5. The molecule has 3 heterocycles. The van der Waals surface area contributed by atoms with Crippen molar-refractivity contribution in [2.45, 2.75) is 25.9 Å². The number of benzene rings is 1. The van der Waals surface area contributed by atoms with Gasteiger partial charge in [-0.15, -0.1) is 0 Å². The van der Waals surface area contributed by atoms with Crippen molar-refractivity contribution < 1.29 is 18.8 Å². The summed E-state index contributed by atoms with van der Waals surface area (Å²) in [6, 6.07) is 13.6. The summed E-state index contributed by atoms with van der Waals surface area (Å²) in [5.74, 6) is 1.91. The topological polar surface area (TPSA) is 90.6 Å². The number of methoxy groups -OCH3 is 1. The number of hydrogen-bond donors (Lipinski definition) is 0. The van der Waals surface area contributed by atoms with Crippen LogP contribution in [0, 0.1) is 6.92 Å². The Bertz CT molecular complexity index is 1000. The zero-order valence-electron chi connectivity index (χ0n) is 17.1. The van der Waals surface area contributed by atoms with Crippen LogP contribution in [0.4, 0.5) is 0 Å². The van der Waals surface area contributed by atoms with E-state index >= 15 is 0 Å². The molecule has 8 nitrogen and oxygen atoms in total. The molecule has 4 rings (SSSR count). The number of ether oxygens (including phenoxy) is 2. The first-order chi connectivity index (χ1) is 14.6. The molecule has 1 aromatic carbocycles. The number of aryl methyl sites for hydroxylation is 2. The fraction of sp³-hybridized carbons (Fsp3) is 0.364. The number of nitrogens with zero attached hydrogens (tertiary/aromatic N) is 4. The molecule has 1 saturated heterocycles. The molecule has 1 fully saturated rings. The smallest absolute Gasteiger partial charge is 0.227 e. The Balaban J connectivity index is 1.41. The minimum atomic E-state index is -0.258. The van der Waals surface area contributed by atoms with E-state index in [0.29, 0.717) is 44.3 Å². The summed E-state index contributed by atoms with van der Waals surface area (Å²) in [7, 11) is 1.64. The molecule has 0 aliphatic carbocycles. The molecule has 0 bridgehead atoms. The molecule has 0 saturated carbocycles. The summed E-state index contributed by atoms with van der Waals surface area (Å²) in [6.07, 6.45) is 0.507. The van der Waals surface area contributed by atoms with Gasteiger partial charge in [-0.3, -0.25) is 4.79 Å². The quantitative estimate of drug-likeness (QED) is 0.619. The van der Waals surface area contributed by atoms with Gasteiger partial charge in [0.25, 0.3) is 0 Å². The summed E-state index contributed by atoms with van der Waals surface area (Å²) < 4.78 is 16.2. The molecular formula is C22H24N4O4. The maximum absolute atomic E-state index is 12.7. The Hall–Kier alpha value is -3.26. The molecule has 0 N–H and O–H groups in total. The van der Waals surface area contributed by atoms with E-state index in [-0.39, 0.29) is 12.0 Å². The highest BCUT2D eigenvalue weighted by Crippen LogP contribution is 2.25. The number of morpholine rings is 1. The molecule has 30 heavy (non-hydrogen) atoms. The van der Waals surface area contributed by atoms with Crippen molar-refractivity contribution in [2.75, 3.05) is 26.8 Å². The average molecular weight is 408 g/mol. The molecule has 1 aliphatic heterocycles. The Morgan fingerprint density at radius 1 is 1.20 bits per heavy atom. The first-order valence-corrected chi connectivity index (χ1v) is 9.92. The van der Waals surface area contributed by atoms with E-state index < -0.39 is 0 Å². The highest BCUT2D eigenvalue weighted by molar-refractivity contribution is 5.76. The zero-order chi connectivity index (χ0) is 20.9. The molecule has 3 aromatic rings. The van der Waals surface area contributed by atoms with Gasteiger partial charge in [0.15, 0.2) is 5.82 Å². The standard InChI is InChI=1S/C22H24N4O4/c1-15-23-21(30-25-15)10-11-22(27)26-12-13-29-20(14-26)19-5-3-4-18(24-19)16-6-8-17(28-2)9-7-16/h3-9,20H,10-14H2,1-2H3/t20-/m1/s1. The van der Waals surface area contributed by atoms with Gasteiger partial charge in [0, 0.05) is 24.9 Å². The number of pyridine rings is 1. The number of rotatable bonds is 6.